The summed E-state index contributed by atoms with van der Waals surface area (Å²) in [6.07, 6.45) is 1.57. The molecule has 1 aliphatic heterocycles. The molecule has 0 bridgehead atoms. The van der Waals surface area contributed by atoms with E-state index in [4.69, 9.17) is 11.6 Å². The molecule has 2 N–H and O–H groups in total. The summed E-state index contributed by atoms with van der Waals surface area (Å²) in [5.74, 6) is -0.379. The number of phenolic OH excluding ortho intramolecular Hbond substituents is 2. The van der Waals surface area contributed by atoms with E-state index < -0.39 is 0 Å². The Bertz CT molecular complexity index is 865. The third-order valence-corrected chi connectivity index (χ3v) is 4.86. The molecule has 5 nitrogen and oxygen atoms in total. The third kappa shape index (κ3) is 2.91. The number of hydrogen-bond donors (Lipinski definition) is 2. The summed E-state index contributed by atoms with van der Waals surface area (Å²) in [5.41, 5.74) is 1.51. The maximum atomic E-state index is 12.8. The number of nitrogens with zero attached hydrogens (tertiary/aromatic N) is 2. The molecule has 0 radical (unpaired) electrons. The van der Waals surface area contributed by atoms with Crippen LogP contribution in [0.25, 0.3) is 6.08 Å². The third-order valence-electron chi connectivity index (χ3n) is 3.65. The number of amides is 1. The van der Waals surface area contributed by atoms with Crippen LogP contribution in [-0.4, -0.2) is 48.3 Å². The van der Waals surface area contributed by atoms with Crippen LogP contribution in [0.4, 0.5) is 5.69 Å². The summed E-state index contributed by atoms with van der Waals surface area (Å²) in [6.45, 7) is 0. The fourth-order valence-electron chi connectivity index (χ4n) is 2.38. The molecule has 2 aromatic rings. The molecule has 0 aromatic heterocycles. The van der Waals surface area contributed by atoms with Gasteiger partial charge in [0.05, 0.1) is 0 Å². The van der Waals surface area contributed by atoms with Gasteiger partial charge in [-0.3, -0.25) is 0 Å². The van der Waals surface area contributed by atoms with Gasteiger partial charge in [-0.1, -0.05) is 0 Å². The van der Waals surface area contributed by atoms with Gasteiger partial charge in [0.15, 0.2) is 0 Å². The second kappa shape index (κ2) is 6.32. The van der Waals surface area contributed by atoms with Gasteiger partial charge in [0.1, 0.15) is 0 Å². The zero-order valence-electron chi connectivity index (χ0n) is 12.6. The van der Waals surface area contributed by atoms with E-state index in [1.54, 1.807) is 48.4 Å². The van der Waals surface area contributed by atoms with Crippen LogP contribution < -0.4 is 4.90 Å². The van der Waals surface area contributed by atoms with Crippen molar-refractivity contribution in [3.05, 3.63) is 58.7 Å². The molecule has 2 aromatic carbocycles. The zero-order valence-corrected chi connectivity index (χ0v) is 15.1. The summed E-state index contributed by atoms with van der Waals surface area (Å²) in [5, 5.41) is 19.9. The van der Waals surface area contributed by atoms with Gasteiger partial charge in [-0.15, -0.1) is 0 Å². The molecule has 0 saturated carbocycles. The molecule has 1 heterocycles. The van der Waals surface area contributed by atoms with Crippen LogP contribution in [0.3, 0.4) is 0 Å². The van der Waals surface area contributed by atoms with E-state index in [-0.39, 0.29) is 17.4 Å². The number of benzene rings is 2. The van der Waals surface area contributed by atoms with Crippen molar-refractivity contribution < 1.29 is 15.0 Å². The Labute approximate surface area is 151 Å². The van der Waals surface area contributed by atoms with Crippen LogP contribution in [0.5, 0.6) is 11.5 Å². The second-order valence-electron chi connectivity index (χ2n) is 5.23. The molecule has 122 valence electrons. The molecule has 0 spiro atoms. The van der Waals surface area contributed by atoms with Crippen molar-refractivity contribution in [3.8, 4) is 11.5 Å². The average molecular weight is 408 g/mol. The van der Waals surface area contributed by atoms with Gasteiger partial charge in [-0.2, -0.15) is 0 Å². The van der Waals surface area contributed by atoms with E-state index in [0.29, 0.717) is 26.6 Å². The first kappa shape index (κ1) is 16.6. The monoisotopic (exact) mass is 408 g/mol. The Balaban J connectivity index is 2.01. The topological polar surface area (TPSA) is 64.0 Å². The first-order chi connectivity index (χ1) is 11.4. The molecule has 3 rings (SSSR count). The number of phenols is 2. The summed E-state index contributed by atoms with van der Waals surface area (Å²) >= 11 is 8.79. The van der Waals surface area contributed by atoms with Crippen molar-refractivity contribution in [2.75, 3.05) is 11.9 Å². The first-order valence-corrected chi connectivity index (χ1v) is 8.23. The van der Waals surface area contributed by atoms with Gasteiger partial charge in [0.2, 0.25) is 0 Å². The number of aromatic hydroxyl groups is 2. The number of anilines is 1. The molecular formula is C17H13ClN2O3Se. The summed E-state index contributed by atoms with van der Waals surface area (Å²) in [4.78, 5) is 16.0. The van der Waals surface area contributed by atoms with Crippen molar-refractivity contribution in [1.82, 2.24) is 4.90 Å². The van der Waals surface area contributed by atoms with E-state index in [1.807, 2.05) is 0 Å². The standard InChI is InChI=1S/C17H13ClN2O3Se/c1-19-14(8-10-2-7-13(21)9-15(10)22)16(23)20(17(19)24)12-5-3-11(18)4-6-12/h2-9,21-22H,1H3/b14-8+. The molecule has 0 aliphatic carbocycles. The van der Waals surface area contributed by atoms with Gasteiger partial charge in [0, 0.05) is 0 Å². The number of likely N-dealkylation sites (N-methyl/N-ethyl adjacent to an activating group) is 1. The Morgan fingerprint density at radius 1 is 1.12 bits per heavy atom. The van der Waals surface area contributed by atoms with E-state index in [0.717, 1.165) is 0 Å². The Morgan fingerprint density at radius 2 is 1.79 bits per heavy atom. The summed E-state index contributed by atoms with van der Waals surface area (Å²) in [7, 11) is 1.75. The molecule has 0 atom stereocenters. The number of rotatable bonds is 2. The van der Waals surface area contributed by atoms with Crippen LogP contribution in [-0.2, 0) is 4.79 Å². The van der Waals surface area contributed by atoms with Gasteiger partial charge >= 0.3 is 152 Å². The average Bonchev–Trinajstić information content (AvgIpc) is 2.74. The van der Waals surface area contributed by atoms with Gasteiger partial charge < -0.3 is 0 Å². The van der Waals surface area contributed by atoms with Crippen molar-refractivity contribution in [2.24, 2.45) is 0 Å². The molecule has 1 saturated heterocycles. The van der Waals surface area contributed by atoms with E-state index >= 15 is 0 Å². The van der Waals surface area contributed by atoms with Crippen LogP contribution in [0.2, 0.25) is 5.02 Å². The van der Waals surface area contributed by atoms with Gasteiger partial charge in [-0.25, -0.2) is 0 Å². The molecule has 1 fully saturated rings. The Morgan fingerprint density at radius 3 is 2.42 bits per heavy atom. The van der Waals surface area contributed by atoms with Crippen molar-refractivity contribution in [1.29, 1.82) is 0 Å². The molecular weight excluding hydrogens is 395 g/mol. The number of carbonyl (C=O) groups is 1. The minimum atomic E-state index is -0.235. The van der Waals surface area contributed by atoms with E-state index in [1.165, 1.54) is 17.0 Å². The Kier molecular flexibility index (Phi) is 4.37. The van der Waals surface area contributed by atoms with E-state index in [9.17, 15) is 15.0 Å². The van der Waals surface area contributed by atoms with Crippen molar-refractivity contribution in [2.45, 2.75) is 0 Å². The SMILES string of the molecule is CN1C(=[Se])N(c2ccc(Cl)cc2)C(=O)/C1=C\c1ccc(O)cc1O. The number of halogens is 1. The number of carbonyl (C=O) groups excluding carboxylic acids is 1. The van der Waals surface area contributed by atoms with Crippen molar-refractivity contribution in [3.63, 3.8) is 0 Å². The van der Waals surface area contributed by atoms with Crippen LogP contribution >= 0.6 is 11.6 Å². The fraction of sp³-hybridized carbons (Fsp3) is 0.0588. The van der Waals surface area contributed by atoms with Crippen molar-refractivity contribution >= 4 is 49.5 Å². The molecule has 1 amide bonds. The maximum absolute atomic E-state index is 12.8. The molecule has 24 heavy (non-hydrogen) atoms. The fourth-order valence-corrected chi connectivity index (χ4v) is 3.10. The summed E-state index contributed by atoms with van der Waals surface area (Å²) < 4.78 is 0.617. The predicted octanol–water partition coefficient (Wildman–Crippen LogP) is 2.33. The first-order valence-electron chi connectivity index (χ1n) is 7.00. The van der Waals surface area contributed by atoms with Gasteiger partial charge in [0.25, 0.3) is 0 Å². The molecule has 1 aliphatic rings. The van der Waals surface area contributed by atoms with Crippen LogP contribution in [0.1, 0.15) is 5.56 Å². The second-order valence-corrected chi connectivity index (χ2v) is 6.43. The van der Waals surface area contributed by atoms with Crippen LogP contribution in [0.15, 0.2) is 48.2 Å². The van der Waals surface area contributed by atoms with Crippen LogP contribution in [0, 0.1) is 0 Å². The molecule has 7 heteroatoms. The predicted molar refractivity (Wildman–Crippen MR) is 95.2 cm³/mol. The van der Waals surface area contributed by atoms with E-state index in [2.05, 4.69) is 15.6 Å². The quantitative estimate of drug-likeness (QED) is 0.592. The summed E-state index contributed by atoms with van der Waals surface area (Å²) in [6, 6.07) is 11.2. The van der Waals surface area contributed by atoms with Gasteiger partial charge in [-0.05, 0) is 0 Å². The Hall–Kier alpha value is -2.27. The normalized spacial score (nSPS) is 16.3. The zero-order chi connectivity index (χ0) is 17.4. The number of hydrogen-bond acceptors (Lipinski definition) is 4. The minimum absolute atomic E-state index is 0.0420. The molecule has 0 unspecified atom stereocenters.